The largest absolute Gasteiger partial charge is 0.491 e. The molecule has 3 rings (SSSR count). The Balaban J connectivity index is 2.01. The highest BCUT2D eigenvalue weighted by atomic mass is 16.5. The van der Waals surface area contributed by atoms with Gasteiger partial charge in [0.25, 0.3) is 0 Å². The highest BCUT2D eigenvalue weighted by Gasteiger charge is 2.39. The number of rotatable bonds is 13. The van der Waals surface area contributed by atoms with Crippen LogP contribution in [0.2, 0.25) is 0 Å². The fraction of sp³-hybridized carbons (Fsp3) is 0.732. The van der Waals surface area contributed by atoms with Gasteiger partial charge in [0.1, 0.15) is 36.5 Å². The summed E-state index contributed by atoms with van der Waals surface area (Å²) >= 11 is 0. The van der Waals surface area contributed by atoms with Crippen LogP contribution in [0, 0.1) is 17.8 Å². The molecule has 1 saturated carbocycles. The minimum Gasteiger partial charge on any atom is -0.491 e. The average molecular weight is 772 g/mol. The summed E-state index contributed by atoms with van der Waals surface area (Å²) in [4.78, 5) is 71.7. The lowest BCUT2D eigenvalue weighted by molar-refractivity contribution is -0.147. The molecule has 0 radical (unpaired) electrons. The molecule has 1 aliphatic heterocycles. The second-order valence-corrected chi connectivity index (χ2v) is 15.9. The number of hydrogen-bond acceptors (Lipinski definition) is 9. The maximum Gasteiger partial charge on any atom is 0.246 e. The summed E-state index contributed by atoms with van der Waals surface area (Å²) in [5.74, 6) is -2.59. The molecule has 7 atom stereocenters. The first-order valence-corrected chi connectivity index (χ1v) is 20.5. The van der Waals surface area contributed by atoms with E-state index >= 15 is 0 Å². The SMILES string of the molecule is CCCCCC[C@H]1OC[C@@H](C)NC(=O)[C@H](COc2ccc(CN)cc2)NC(=O)[C@H](CN)NC(=O)[C@H](C2CCCCC2)NC(=O)[C@H](CC(C)C)N(C)C(=O)[C@@H]1C. The molecule has 0 unspecified atom stereocenters. The maximum absolute atomic E-state index is 14.3. The van der Waals surface area contributed by atoms with Crippen LogP contribution < -0.4 is 37.5 Å². The van der Waals surface area contributed by atoms with Crippen LogP contribution in [0.1, 0.15) is 111 Å². The van der Waals surface area contributed by atoms with Crippen molar-refractivity contribution in [3.63, 3.8) is 0 Å². The minimum absolute atomic E-state index is 0.0722. The third-order valence-electron chi connectivity index (χ3n) is 10.8. The first-order chi connectivity index (χ1) is 26.3. The Hall–Kier alpha value is -3.75. The molecule has 0 spiro atoms. The molecule has 2 fully saturated rings. The van der Waals surface area contributed by atoms with Gasteiger partial charge in [-0.3, -0.25) is 24.0 Å². The number of likely N-dealkylation sites (N-methyl/N-ethyl adjacent to an activating group) is 1. The van der Waals surface area contributed by atoms with E-state index in [0.29, 0.717) is 25.1 Å². The maximum atomic E-state index is 14.3. The van der Waals surface area contributed by atoms with Crippen molar-refractivity contribution < 1.29 is 33.4 Å². The molecular weight excluding hydrogens is 702 g/mol. The van der Waals surface area contributed by atoms with Gasteiger partial charge in [0, 0.05) is 26.2 Å². The fourth-order valence-corrected chi connectivity index (χ4v) is 7.39. The highest BCUT2D eigenvalue weighted by molar-refractivity contribution is 5.96. The van der Waals surface area contributed by atoms with Crippen molar-refractivity contribution in [2.75, 3.05) is 26.8 Å². The fourth-order valence-electron chi connectivity index (χ4n) is 7.39. The molecule has 2 aliphatic rings. The molecule has 1 saturated heterocycles. The van der Waals surface area contributed by atoms with Crippen LogP contribution in [-0.2, 0) is 35.3 Å². The van der Waals surface area contributed by atoms with Gasteiger partial charge in [0.15, 0.2) is 0 Å². The van der Waals surface area contributed by atoms with Crippen molar-refractivity contribution in [1.82, 2.24) is 26.2 Å². The van der Waals surface area contributed by atoms with E-state index < -0.39 is 65.9 Å². The summed E-state index contributed by atoms with van der Waals surface area (Å²) in [6.07, 6.45) is 8.78. The Morgan fingerprint density at radius 1 is 0.836 bits per heavy atom. The van der Waals surface area contributed by atoms with Crippen molar-refractivity contribution in [2.45, 2.75) is 148 Å². The first-order valence-electron chi connectivity index (χ1n) is 20.5. The van der Waals surface area contributed by atoms with Crippen molar-refractivity contribution in [2.24, 2.45) is 29.2 Å². The summed E-state index contributed by atoms with van der Waals surface area (Å²) in [6, 6.07) is 2.43. The van der Waals surface area contributed by atoms with E-state index in [1.807, 2.05) is 32.9 Å². The van der Waals surface area contributed by atoms with Gasteiger partial charge in [0.2, 0.25) is 29.5 Å². The normalized spacial score (nSPS) is 27.3. The van der Waals surface area contributed by atoms with Crippen molar-refractivity contribution >= 4 is 29.5 Å². The van der Waals surface area contributed by atoms with E-state index in [1.165, 1.54) is 4.90 Å². The van der Waals surface area contributed by atoms with Crippen LogP contribution in [0.15, 0.2) is 24.3 Å². The zero-order chi connectivity index (χ0) is 40.5. The predicted octanol–water partition coefficient (Wildman–Crippen LogP) is 2.90. The molecule has 14 heteroatoms. The number of ether oxygens (including phenoxy) is 2. The first kappa shape index (κ1) is 45.6. The molecule has 55 heavy (non-hydrogen) atoms. The van der Waals surface area contributed by atoms with Crippen molar-refractivity contribution in [1.29, 1.82) is 0 Å². The van der Waals surface area contributed by atoms with Gasteiger partial charge in [-0.05, 0) is 62.1 Å². The lowest BCUT2D eigenvalue weighted by Gasteiger charge is -2.36. The molecule has 1 aliphatic carbocycles. The third kappa shape index (κ3) is 14.4. The van der Waals surface area contributed by atoms with Gasteiger partial charge in [-0.15, -0.1) is 0 Å². The molecule has 310 valence electrons. The average Bonchev–Trinajstić information content (AvgIpc) is 3.18. The molecule has 5 amide bonds. The number of hydrogen-bond donors (Lipinski definition) is 6. The zero-order valence-electron chi connectivity index (χ0n) is 34.1. The topological polar surface area (TPSA) is 207 Å². The Labute approximate surface area is 328 Å². The number of carbonyl (C=O) groups excluding carboxylic acids is 5. The van der Waals surface area contributed by atoms with E-state index in [2.05, 4.69) is 28.2 Å². The lowest BCUT2D eigenvalue weighted by Crippen LogP contribution is -2.62. The van der Waals surface area contributed by atoms with Gasteiger partial charge in [-0.25, -0.2) is 0 Å². The van der Waals surface area contributed by atoms with Crippen LogP contribution in [-0.4, -0.2) is 97.6 Å². The number of unbranched alkanes of at least 4 members (excludes halogenated alkanes) is 3. The Kier molecular flexibility index (Phi) is 19.4. The Morgan fingerprint density at radius 3 is 2.11 bits per heavy atom. The third-order valence-corrected chi connectivity index (χ3v) is 10.8. The summed E-state index contributed by atoms with van der Waals surface area (Å²) in [6.45, 7) is 9.73. The van der Waals surface area contributed by atoms with Gasteiger partial charge >= 0.3 is 0 Å². The molecular formula is C41H69N7O7. The second-order valence-electron chi connectivity index (χ2n) is 15.9. The van der Waals surface area contributed by atoms with Gasteiger partial charge in [-0.2, -0.15) is 0 Å². The molecule has 0 aromatic heterocycles. The van der Waals surface area contributed by atoms with Crippen molar-refractivity contribution in [3.05, 3.63) is 29.8 Å². The van der Waals surface area contributed by atoms with Crippen LogP contribution in [0.5, 0.6) is 5.75 Å². The monoisotopic (exact) mass is 772 g/mol. The quantitative estimate of drug-likeness (QED) is 0.163. The molecule has 1 aromatic carbocycles. The van der Waals surface area contributed by atoms with E-state index in [1.54, 1.807) is 26.1 Å². The van der Waals surface area contributed by atoms with E-state index in [0.717, 1.165) is 63.4 Å². The van der Waals surface area contributed by atoms with E-state index in [-0.39, 0.29) is 37.5 Å². The summed E-state index contributed by atoms with van der Waals surface area (Å²) in [5, 5.41) is 11.5. The summed E-state index contributed by atoms with van der Waals surface area (Å²) < 4.78 is 12.4. The zero-order valence-corrected chi connectivity index (χ0v) is 34.1. The van der Waals surface area contributed by atoms with Crippen molar-refractivity contribution in [3.8, 4) is 5.75 Å². The smallest absolute Gasteiger partial charge is 0.246 e. The number of carbonyl (C=O) groups is 5. The summed E-state index contributed by atoms with van der Waals surface area (Å²) in [7, 11) is 1.64. The van der Waals surface area contributed by atoms with E-state index in [9.17, 15) is 24.0 Å². The Morgan fingerprint density at radius 2 is 1.49 bits per heavy atom. The van der Waals surface area contributed by atoms with Crippen LogP contribution >= 0.6 is 0 Å². The number of benzene rings is 1. The van der Waals surface area contributed by atoms with E-state index in [4.69, 9.17) is 20.9 Å². The molecule has 0 bridgehead atoms. The standard InChI is InChI=1S/C41H69N7O7/c1-7-8-9-13-16-35-28(5)41(53)48(6)34(21-26(2)3)39(51)47-36(30-14-11-10-12-15-30)40(52)45-32(23-43)37(49)46-33(38(50)44-27(4)24-55-35)25-54-31-19-17-29(22-42)18-20-31/h17-20,26-28,30,32-36H,7-16,21-25,42-43H2,1-6H3,(H,44,50)(H,45,52)(H,46,49)(H,47,51)/t27-,28-,32+,33+,34+,35-,36+/m1/s1. The highest BCUT2D eigenvalue weighted by Crippen LogP contribution is 2.28. The molecule has 1 aromatic rings. The lowest BCUT2D eigenvalue weighted by atomic mass is 9.83. The van der Waals surface area contributed by atoms with Crippen LogP contribution in [0.25, 0.3) is 0 Å². The molecule has 1 heterocycles. The summed E-state index contributed by atoms with van der Waals surface area (Å²) in [5.41, 5.74) is 12.7. The number of nitrogens with zero attached hydrogens (tertiary/aromatic N) is 1. The van der Waals surface area contributed by atoms with Gasteiger partial charge < -0.3 is 47.1 Å². The van der Waals surface area contributed by atoms with Crippen LogP contribution in [0.3, 0.4) is 0 Å². The molecule has 14 nitrogen and oxygen atoms in total. The minimum atomic E-state index is -1.21. The number of nitrogens with two attached hydrogens (primary N) is 2. The second kappa shape index (κ2) is 23.3. The van der Waals surface area contributed by atoms with Gasteiger partial charge in [-0.1, -0.05) is 84.8 Å². The van der Waals surface area contributed by atoms with Gasteiger partial charge in [0.05, 0.1) is 18.6 Å². The number of amides is 5. The number of nitrogens with one attached hydrogen (secondary N) is 4. The molecule has 8 N–H and O–H groups in total. The van der Waals surface area contributed by atoms with Crippen LogP contribution in [0.4, 0.5) is 0 Å². The predicted molar refractivity (Wildman–Crippen MR) is 213 cm³/mol. The Bertz CT molecular complexity index is 1370.